The van der Waals surface area contributed by atoms with Crippen molar-refractivity contribution in [1.82, 2.24) is 4.90 Å². The van der Waals surface area contributed by atoms with Crippen molar-refractivity contribution in [2.45, 2.75) is 51.5 Å². The summed E-state index contributed by atoms with van der Waals surface area (Å²) in [6.45, 7) is 2.15. The molecule has 5 heteroatoms. The Morgan fingerprint density at radius 2 is 1.72 bits per heavy atom. The molecule has 0 spiro atoms. The number of para-hydroxylation sites is 1. The number of hydrogen-bond acceptors (Lipinski definition) is 3. The number of anilines is 1. The summed E-state index contributed by atoms with van der Waals surface area (Å²) in [5.41, 5.74) is 1.41. The number of benzene rings is 2. The van der Waals surface area contributed by atoms with E-state index in [0.717, 1.165) is 6.42 Å². The van der Waals surface area contributed by atoms with E-state index >= 15 is 0 Å². The maximum atomic E-state index is 13.0. The number of amides is 2. The van der Waals surface area contributed by atoms with E-state index in [2.05, 4.69) is 12.2 Å². The first-order chi connectivity index (χ1) is 14.0. The first-order valence-electron chi connectivity index (χ1n) is 10.5. The first kappa shape index (κ1) is 20.9. The highest BCUT2D eigenvalue weighted by atomic mass is 16.3. The summed E-state index contributed by atoms with van der Waals surface area (Å²) in [7, 11) is 1.90. The van der Waals surface area contributed by atoms with Crippen LogP contribution in [0.15, 0.2) is 48.5 Å². The molecule has 5 nitrogen and oxygen atoms in total. The molecule has 1 fully saturated rings. The quantitative estimate of drug-likeness (QED) is 0.718. The zero-order chi connectivity index (χ0) is 20.8. The van der Waals surface area contributed by atoms with Crippen molar-refractivity contribution in [3.8, 4) is 5.75 Å². The van der Waals surface area contributed by atoms with Gasteiger partial charge in [-0.05, 0) is 61.6 Å². The molecule has 0 aliphatic heterocycles. The molecule has 1 aliphatic rings. The fourth-order valence-electron chi connectivity index (χ4n) is 4.36. The summed E-state index contributed by atoms with van der Waals surface area (Å²) < 4.78 is 0. The average Bonchev–Trinajstić information content (AvgIpc) is 2.75. The van der Waals surface area contributed by atoms with Gasteiger partial charge in [0, 0.05) is 24.3 Å². The number of hydrogen-bond donors (Lipinski definition) is 2. The van der Waals surface area contributed by atoms with Gasteiger partial charge in [-0.25, -0.2) is 0 Å². The highest BCUT2D eigenvalue weighted by Crippen LogP contribution is 2.30. The Morgan fingerprint density at radius 1 is 1.07 bits per heavy atom. The molecule has 2 N–H and O–H groups in total. The van der Waals surface area contributed by atoms with Crippen LogP contribution in [0.2, 0.25) is 0 Å². The number of nitrogens with zero attached hydrogens (tertiary/aromatic N) is 1. The van der Waals surface area contributed by atoms with Crippen molar-refractivity contribution in [2.24, 2.45) is 5.92 Å². The van der Waals surface area contributed by atoms with Crippen LogP contribution in [0.5, 0.6) is 5.75 Å². The molecule has 29 heavy (non-hydrogen) atoms. The van der Waals surface area contributed by atoms with E-state index in [9.17, 15) is 14.7 Å². The molecule has 1 atom stereocenters. The topological polar surface area (TPSA) is 69.6 Å². The Kier molecular flexibility index (Phi) is 6.91. The number of carbonyl (C=O) groups excluding carboxylic acids is 2. The van der Waals surface area contributed by atoms with Crippen LogP contribution in [0, 0.1) is 5.92 Å². The highest BCUT2D eigenvalue weighted by Gasteiger charge is 2.28. The largest absolute Gasteiger partial charge is 0.507 e. The molecule has 3 rings (SSSR count). The minimum atomic E-state index is -0.386. The summed E-state index contributed by atoms with van der Waals surface area (Å²) >= 11 is 0. The SMILES string of the molecule is CCC(C1CCCCC1)N(C)C(=O)c1ccc(NC(=O)c2ccccc2O)cc1. The summed E-state index contributed by atoms with van der Waals surface area (Å²) in [4.78, 5) is 27.2. The lowest BCUT2D eigenvalue weighted by Crippen LogP contribution is -2.42. The fourth-order valence-corrected chi connectivity index (χ4v) is 4.36. The Labute approximate surface area is 172 Å². The molecule has 0 radical (unpaired) electrons. The zero-order valence-corrected chi connectivity index (χ0v) is 17.2. The van der Waals surface area contributed by atoms with E-state index < -0.39 is 0 Å². The molecule has 1 saturated carbocycles. The lowest BCUT2D eigenvalue weighted by Gasteiger charge is -2.36. The van der Waals surface area contributed by atoms with Crippen molar-refractivity contribution >= 4 is 17.5 Å². The highest BCUT2D eigenvalue weighted by molar-refractivity contribution is 6.06. The van der Waals surface area contributed by atoms with Crippen LogP contribution >= 0.6 is 0 Å². The average molecular weight is 395 g/mol. The predicted octanol–water partition coefficient (Wildman–Crippen LogP) is 5.08. The summed E-state index contributed by atoms with van der Waals surface area (Å²) in [5, 5.41) is 12.6. The van der Waals surface area contributed by atoms with Crippen LogP contribution in [-0.2, 0) is 0 Å². The van der Waals surface area contributed by atoms with Crippen LogP contribution in [0.3, 0.4) is 0 Å². The van der Waals surface area contributed by atoms with Gasteiger partial charge in [-0.2, -0.15) is 0 Å². The molecule has 1 aliphatic carbocycles. The van der Waals surface area contributed by atoms with E-state index in [1.165, 1.54) is 38.2 Å². The third kappa shape index (κ3) is 4.97. The Morgan fingerprint density at radius 3 is 2.34 bits per heavy atom. The van der Waals surface area contributed by atoms with Gasteiger partial charge < -0.3 is 15.3 Å². The molecule has 2 amide bonds. The Balaban J connectivity index is 1.66. The number of phenolic OH excluding ortho intramolecular Hbond substituents is 1. The number of aromatic hydroxyl groups is 1. The van der Waals surface area contributed by atoms with Gasteiger partial charge in [-0.15, -0.1) is 0 Å². The third-order valence-corrected chi connectivity index (χ3v) is 5.97. The number of nitrogens with one attached hydrogen (secondary N) is 1. The Bertz CT molecular complexity index is 841. The molecule has 0 heterocycles. The summed E-state index contributed by atoms with van der Waals surface area (Å²) in [5.74, 6) is 0.148. The van der Waals surface area contributed by atoms with E-state index in [4.69, 9.17) is 0 Å². The molecule has 0 aromatic heterocycles. The van der Waals surface area contributed by atoms with Crippen molar-refractivity contribution in [2.75, 3.05) is 12.4 Å². The number of rotatable bonds is 6. The van der Waals surface area contributed by atoms with Gasteiger partial charge in [0.1, 0.15) is 5.75 Å². The third-order valence-electron chi connectivity index (χ3n) is 5.97. The van der Waals surface area contributed by atoms with Crippen LogP contribution in [-0.4, -0.2) is 34.9 Å². The van der Waals surface area contributed by atoms with E-state index in [-0.39, 0.29) is 29.2 Å². The molecule has 0 bridgehead atoms. The normalized spacial score (nSPS) is 15.5. The molecule has 2 aromatic carbocycles. The predicted molar refractivity (Wildman–Crippen MR) is 115 cm³/mol. The van der Waals surface area contributed by atoms with Crippen LogP contribution in [0.25, 0.3) is 0 Å². The van der Waals surface area contributed by atoms with Crippen molar-refractivity contribution in [3.63, 3.8) is 0 Å². The molecular formula is C24H30N2O3. The smallest absolute Gasteiger partial charge is 0.259 e. The maximum absolute atomic E-state index is 13.0. The van der Waals surface area contributed by atoms with Gasteiger partial charge in [0.2, 0.25) is 0 Å². The lowest BCUT2D eigenvalue weighted by molar-refractivity contribution is 0.0634. The summed E-state index contributed by atoms with van der Waals surface area (Å²) in [6, 6.07) is 13.6. The van der Waals surface area contributed by atoms with E-state index in [0.29, 0.717) is 17.2 Å². The number of carbonyl (C=O) groups is 2. The molecule has 0 saturated heterocycles. The van der Waals surface area contributed by atoms with Gasteiger partial charge in [0.05, 0.1) is 5.56 Å². The first-order valence-corrected chi connectivity index (χ1v) is 10.5. The van der Waals surface area contributed by atoms with Crippen LogP contribution in [0.1, 0.15) is 66.2 Å². The monoisotopic (exact) mass is 394 g/mol. The maximum Gasteiger partial charge on any atom is 0.259 e. The van der Waals surface area contributed by atoms with Crippen molar-refractivity contribution < 1.29 is 14.7 Å². The minimum Gasteiger partial charge on any atom is -0.507 e. The van der Waals surface area contributed by atoms with E-state index in [1.807, 2.05) is 11.9 Å². The van der Waals surface area contributed by atoms with Gasteiger partial charge in [-0.1, -0.05) is 38.3 Å². The van der Waals surface area contributed by atoms with Crippen molar-refractivity contribution in [1.29, 1.82) is 0 Å². The van der Waals surface area contributed by atoms with E-state index in [1.54, 1.807) is 42.5 Å². The van der Waals surface area contributed by atoms with Crippen LogP contribution in [0.4, 0.5) is 5.69 Å². The molecule has 2 aromatic rings. The van der Waals surface area contributed by atoms with Crippen molar-refractivity contribution in [3.05, 3.63) is 59.7 Å². The lowest BCUT2D eigenvalue weighted by atomic mass is 9.82. The molecule has 154 valence electrons. The standard InChI is InChI=1S/C24H30N2O3/c1-3-21(17-9-5-4-6-10-17)26(2)24(29)18-13-15-19(16-14-18)25-23(28)20-11-7-8-12-22(20)27/h7-8,11-17,21,27H,3-6,9-10H2,1-2H3,(H,25,28). The molecule has 1 unspecified atom stereocenters. The minimum absolute atomic E-state index is 0.0148. The van der Waals surface area contributed by atoms with Gasteiger partial charge in [0.25, 0.3) is 11.8 Å². The fraction of sp³-hybridized carbons (Fsp3) is 0.417. The van der Waals surface area contributed by atoms with Crippen LogP contribution < -0.4 is 5.32 Å². The van der Waals surface area contributed by atoms with Gasteiger partial charge >= 0.3 is 0 Å². The second kappa shape index (κ2) is 9.59. The second-order valence-corrected chi connectivity index (χ2v) is 7.84. The van der Waals surface area contributed by atoms with Gasteiger partial charge in [-0.3, -0.25) is 9.59 Å². The zero-order valence-electron chi connectivity index (χ0n) is 17.2. The number of phenols is 1. The van der Waals surface area contributed by atoms with Gasteiger partial charge in [0.15, 0.2) is 0 Å². The molecular weight excluding hydrogens is 364 g/mol. The summed E-state index contributed by atoms with van der Waals surface area (Å²) in [6.07, 6.45) is 7.18. The Hall–Kier alpha value is -2.82. The second-order valence-electron chi connectivity index (χ2n) is 7.84.